The Hall–Kier alpha value is -3.12. The van der Waals surface area contributed by atoms with Crippen LogP contribution in [0.5, 0.6) is 0 Å². The molecule has 136 valence electrons. The SMILES string of the molecule is Cc1ccc(Sc2ncccc2C(=O)NNC(=O)c2ccccc2)c(C)c1. The lowest BCUT2D eigenvalue weighted by Gasteiger charge is -2.11. The molecule has 0 fully saturated rings. The number of nitrogens with one attached hydrogen (secondary N) is 2. The summed E-state index contributed by atoms with van der Waals surface area (Å²) in [4.78, 5) is 30.0. The van der Waals surface area contributed by atoms with Crippen LogP contribution in [0.1, 0.15) is 31.8 Å². The van der Waals surface area contributed by atoms with E-state index in [1.807, 2.05) is 32.0 Å². The number of benzene rings is 2. The lowest BCUT2D eigenvalue weighted by Crippen LogP contribution is -2.41. The molecule has 3 rings (SSSR count). The number of aryl methyl sites for hydroxylation is 2. The fourth-order valence-corrected chi connectivity index (χ4v) is 3.45. The van der Waals surface area contributed by atoms with Crippen LogP contribution in [-0.4, -0.2) is 16.8 Å². The number of hydrazine groups is 1. The fourth-order valence-electron chi connectivity index (χ4n) is 2.51. The normalized spacial score (nSPS) is 10.3. The minimum Gasteiger partial charge on any atom is -0.267 e. The van der Waals surface area contributed by atoms with Gasteiger partial charge in [0.1, 0.15) is 5.03 Å². The number of hydrogen-bond acceptors (Lipinski definition) is 4. The van der Waals surface area contributed by atoms with Crippen molar-refractivity contribution in [3.05, 3.63) is 89.1 Å². The summed E-state index contributed by atoms with van der Waals surface area (Å²) in [6.45, 7) is 4.06. The van der Waals surface area contributed by atoms with Crippen molar-refractivity contribution < 1.29 is 9.59 Å². The maximum Gasteiger partial charge on any atom is 0.272 e. The molecule has 2 amide bonds. The van der Waals surface area contributed by atoms with Gasteiger partial charge in [-0.05, 0) is 49.7 Å². The standard InChI is InChI=1S/C21H19N3O2S/c1-14-10-11-18(15(2)13-14)27-21-17(9-6-12-22-21)20(26)24-23-19(25)16-7-4-3-5-8-16/h3-13H,1-2H3,(H,23,25)(H,24,26). The Morgan fingerprint density at radius 1 is 0.889 bits per heavy atom. The van der Waals surface area contributed by atoms with E-state index in [2.05, 4.69) is 21.9 Å². The Bertz CT molecular complexity index is 974. The maximum atomic E-state index is 12.6. The Morgan fingerprint density at radius 2 is 1.63 bits per heavy atom. The van der Waals surface area contributed by atoms with Crippen molar-refractivity contribution in [2.75, 3.05) is 0 Å². The topological polar surface area (TPSA) is 71.1 Å². The van der Waals surface area contributed by atoms with Gasteiger partial charge in [0.2, 0.25) is 0 Å². The summed E-state index contributed by atoms with van der Waals surface area (Å²) < 4.78 is 0. The summed E-state index contributed by atoms with van der Waals surface area (Å²) in [6.07, 6.45) is 1.64. The first kappa shape index (κ1) is 18.7. The van der Waals surface area contributed by atoms with Gasteiger partial charge in [-0.1, -0.05) is 47.7 Å². The average Bonchev–Trinajstić information content (AvgIpc) is 2.69. The van der Waals surface area contributed by atoms with Gasteiger partial charge < -0.3 is 0 Å². The zero-order valence-corrected chi connectivity index (χ0v) is 15.8. The smallest absolute Gasteiger partial charge is 0.267 e. The molecular weight excluding hydrogens is 358 g/mol. The largest absolute Gasteiger partial charge is 0.272 e. The summed E-state index contributed by atoms with van der Waals surface area (Å²) in [6, 6.07) is 18.2. The molecule has 0 aliphatic heterocycles. The van der Waals surface area contributed by atoms with Gasteiger partial charge in [0, 0.05) is 16.7 Å². The van der Waals surface area contributed by atoms with Crippen LogP contribution in [0.25, 0.3) is 0 Å². The van der Waals surface area contributed by atoms with E-state index in [-0.39, 0.29) is 5.91 Å². The molecule has 0 spiro atoms. The van der Waals surface area contributed by atoms with Crippen molar-refractivity contribution in [2.24, 2.45) is 0 Å². The molecule has 6 heteroatoms. The molecule has 0 aliphatic carbocycles. The minimum absolute atomic E-state index is 0.378. The molecule has 0 saturated heterocycles. The predicted molar refractivity (Wildman–Crippen MR) is 106 cm³/mol. The number of pyridine rings is 1. The first-order chi connectivity index (χ1) is 13.0. The lowest BCUT2D eigenvalue weighted by atomic mass is 10.2. The molecule has 2 N–H and O–H groups in total. The molecular formula is C21H19N3O2S. The molecule has 3 aromatic rings. The van der Waals surface area contributed by atoms with E-state index in [9.17, 15) is 9.59 Å². The number of rotatable bonds is 4. The van der Waals surface area contributed by atoms with Crippen molar-refractivity contribution in [3.63, 3.8) is 0 Å². The molecule has 0 saturated carbocycles. The molecule has 1 aromatic heterocycles. The van der Waals surface area contributed by atoms with Crippen LogP contribution < -0.4 is 10.9 Å². The second-order valence-electron chi connectivity index (χ2n) is 6.00. The van der Waals surface area contributed by atoms with Crippen molar-refractivity contribution in [1.29, 1.82) is 0 Å². The third-order valence-electron chi connectivity index (χ3n) is 3.88. The quantitative estimate of drug-likeness (QED) is 0.676. The van der Waals surface area contributed by atoms with Crippen molar-refractivity contribution >= 4 is 23.6 Å². The number of amides is 2. The van der Waals surface area contributed by atoms with E-state index in [1.165, 1.54) is 17.3 Å². The van der Waals surface area contributed by atoms with Gasteiger partial charge in [-0.2, -0.15) is 0 Å². The van der Waals surface area contributed by atoms with Gasteiger partial charge in [-0.15, -0.1) is 0 Å². The van der Waals surface area contributed by atoms with Crippen molar-refractivity contribution in [3.8, 4) is 0 Å². The van der Waals surface area contributed by atoms with Crippen LogP contribution in [0.3, 0.4) is 0 Å². The minimum atomic E-state index is -0.417. The molecule has 0 radical (unpaired) electrons. The van der Waals surface area contributed by atoms with Gasteiger partial charge in [0.25, 0.3) is 11.8 Å². The van der Waals surface area contributed by atoms with Crippen LogP contribution in [0.4, 0.5) is 0 Å². The van der Waals surface area contributed by atoms with E-state index >= 15 is 0 Å². The number of aromatic nitrogens is 1. The highest BCUT2D eigenvalue weighted by Gasteiger charge is 2.15. The molecule has 2 aromatic carbocycles. The van der Waals surface area contributed by atoms with Crippen molar-refractivity contribution in [1.82, 2.24) is 15.8 Å². The second-order valence-corrected chi connectivity index (χ2v) is 7.03. The van der Waals surface area contributed by atoms with Crippen molar-refractivity contribution in [2.45, 2.75) is 23.8 Å². The van der Waals surface area contributed by atoms with E-state index in [0.29, 0.717) is 16.2 Å². The molecule has 0 aliphatic rings. The highest BCUT2D eigenvalue weighted by Crippen LogP contribution is 2.31. The number of carbonyl (C=O) groups excluding carboxylic acids is 2. The summed E-state index contributed by atoms with van der Waals surface area (Å²) >= 11 is 1.42. The van der Waals surface area contributed by atoms with E-state index in [0.717, 1.165) is 10.5 Å². The van der Waals surface area contributed by atoms with Crippen LogP contribution >= 0.6 is 11.8 Å². The Morgan fingerprint density at radius 3 is 2.37 bits per heavy atom. The summed E-state index contributed by atoms with van der Waals surface area (Å²) in [5.41, 5.74) is 8.05. The molecule has 5 nitrogen and oxygen atoms in total. The molecule has 0 bridgehead atoms. The first-order valence-corrected chi connectivity index (χ1v) is 9.22. The molecule has 0 unspecified atom stereocenters. The highest BCUT2D eigenvalue weighted by atomic mass is 32.2. The van der Waals surface area contributed by atoms with E-state index in [4.69, 9.17) is 0 Å². The van der Waals surface area contributed by atoms with E-state index < -0.39 is 5.91 Å². The number of nitrogens with zero attached hydrogens (tertiary/aromatic N) is 1. The Kier molecular flexibility index (Phi) is 5.88. The third-order valence-corrected chi connectivity index (χ3v) is 5.08. The van der Waals surface area contributed by atoms with Gasteiger partial charge in [0.05, 0.1) is 5.56 Å². The van der Waals surface area contributed by atoms with Gasteiger partial charge in [-0.25, -0.2) is 4.98 Å². The zero-order valence-electron chi connectivity index (χ0n) is 15.0. The highest BCUT2D eigenvalue weighted by molar-refractivity contribution is 7.99. The van der Waals surface area contributed by atoms with Crippen LogP contribution in [0.2, 0.25) is 0 Å². The lowest BCUT2D eigenvalue weighted by molar-refractivity contribution is 0.0844. The monoisotopic (exact) mass is 377 g/mol. The molecule has 0 atom stereocenters. The fraction of sp³-hybridized carbons (Fsp3) is 0.0952. The van der Waals surface area contributed by atoms with Gasteiger partial charge >= 0.3 is 0 Å². The van der Waals surface area contributed by atoms with E-state index in [1.54, 1.807) is 42.6 Å². The molecule has 27 heavy (non-hydrogen) atoms. The average molecular weight is 377 g/mol. The maximum absolute atomic E-state index is 12.6. The molecule has 1 heterocycles. The Balaban J connectivity index is 1.73. The van der Waals surface area contributed by atoms with Gasteiger partial charge in [0.15, 0.2) is 0 Å². The van der Waals surface area contributed by atoms with Crippen LogP contribution in [0, 0.1) is 13.8 Å². The first-order valence-electron chi connectivity index (χ1n) is 8.40. The summed E-state index contributed by atoms with van der Waals surface area (Å²) in [7, 11) is 0. The summed E-state index contributed by atoms with van der Waals surface area (Å²) in [5, 5.41) is 0.580. The second kappa shape index (κ2) is 8.51. The number of hydrogen-bond donors (Lipinski definition) is 2. The van der Waals surface area contributed by atoms with Crippen LogP contribution in [0.15, 0.2) is 76.8 Å². The van der Waals surface area contributed by atoms with Crippen LogP contribution in [-0.2, 0) is 0 Å². The predicted octanol–water partition coefficient (Wildman–Crippen LogP) is 3.92. The Labute approximate surface area is 162 Å². The summed E-state index contributed by atoms with van der Waals surface area (Å²) in [5.74, 6) is -0.795. The van der Waals surface area contributed by atoms with Gasteiger partial charge in [-0.3, -0.25) is 20.4 Å². The zero-order chi connectivity index (χ0) is 19.2. The number of carbonyl (C=O) groups is 2. The third kappa shape index (κ3) is 4.74.